The van der Waals surface area contributed by atoms with E-state index in [1.165, 1.54) is 43.5 Å². The summed E-state index contributed by atoms with van der Waals surface area (Å²) in [6.07, 6.45) is -3.10. The molecule has 0 unspecified atom stereocenters. The molecule has 3 aromatic rings. The molecular formula is C28H27NO10S. The van der Waals surface area contributed by atoms with Crippen molar-refractivity contribution >= 4 is 34.2 Å². The fraction of sp³-hybridized carbons (Fsp3) is 0.214. The maximum Gasteiger partial charge on any atom is 0.338 e. The van der Waals surface area contributed by atoms with Crippen LogP contribution in [0.3, 0.4) is 0 Å². The molecule has 0 bridgehead atoms. The van der Waals surface area contributed by atoms with E-state index in [1.54, 1.807) is 54.6 Å². The van der Waals surface area contributed by atoms with E-state index in [-0.39, 0.29) is 16.7 Å². The van der Waals surface area contributed by atoms with Gasteiger partial charge in [0.2, 0.25) is 0 Å². The summed E-state index contributed by atoms with van der Waals surface area (Å²) in [7, 11) is -2.99. The highest BCUT2D eigenvalue weighted by Crippen LogP contribution is 2.19. The lowest BCUT2D eigenvalue weighted by Gasteiger charge is -2.30. The lowest BCUT2D eigenvalue weighted by molar-refractivity contribution is -0.0683. The standard InChI is InChI=1S/C28H27NO10S/c1-35-29-18-23(37-27(31)21-14-8-4-9-15-21)25(38-28(32)22-16-10-5-11-17-22)24(39-40(2,33)34)19-36-26(30)20-12-6-3-7-13-20/h3-18,23-25H,19H2,1-2H3/t23-,24+,25-/m0/s1. The van der Waals surface area contributed by atoms with Crippen molar-refractivity contribution in [2.24, 2.45) is 5.16 Å². The van der Waals surface area contributed by atoms with Gasteiger partial charge >= 0.3 is 17.9 Å². The summed E-state index contributed by atoms with van der Waals surface area (Å²) in [6.45, 7) is -0.701. The molecule has 0 N–H and O–H groups in total. The third-order valence-corrected chi connectivity index (χ3v) is 5.79. The summed E-state index contributed by atoms with van der Waals surface area (Å²) in [5, 5.41) is 3.64. The Bertz CT molecular complexity index is 1400. The van der Waals surface area contributed by atoms with Gasteiger partial charge in [-0.3, -0.25) is 4.18 Å². The van der Waals surface area contributed by atoms with Crippen LogP contribution < -0.4 is 0 Å². The van der Waals surface area contributed by atoms with E-state index < -0.39 is 52.9 Å². The molecule has 0 aromatic heterocycles. The largest absolute Gasteiger partial charge is 0.459 e. The molecule has 40 heavy (non-hydrogen) atoms. The number of esters is 3. The first kappa shape index (κ1) is 30.0. The summed E-state index contributed by atoms with van der Waals surface area (Å²) in [5.41, 5.74) is 0.456. The Morgan fingerprint density at radius 3 is 1.65 bits per heavy atom. The molecule has 3 atom stereocenters. The number of carbonyl (C=O) groups is 3. The van der Waals surface area contributed by atoms with E-state index >= 15 is 0 Å². The minimum atomic E-state index is -4.21. The van der Waals surface area contributed by atoms with Crippen LogP contribution in [0.5, 0.6) is 0 Å². The summed E-state index contributed by atoms with van der Waals surface area (Å²) >= 11 is 0. The smallest absolute Gasteiger partial charge is 0.338 e. The lowest BCUT2D eigenvalue weighted by Crippen LogP contribution is -2.48. The molecular weight excluding hydrogens is 542 g/mol. The zero-order valence-electron chi connectivity index (χ0n) is 21.6. The van der Waals surface area contributed by atoms with Crippen LogP contribution in [0.15, 0.2) is 96.2 Å². The first-order valence-corrected chi connectivity index (χ1v) is 13.7. The van der Waals surface area contributed by atoms with Gasteiger partial charge in [0.05, 0.1) is 29.2 Å². The number of rotatable bonds is 13. The molecule has 0 amide bonds. The number of nitrogens with zero attached hydrogens (tertiary/aromatic N) is 1. The molecule has 12 heteroatoms. The average molecular weight is 570 g/mol. The van der Waals surface area contributed by atoms with Crippen molar-refractivity contribution in [3.05, 3.63) is 108 Å². The van der Waals surface area contributed by atoms with Gasteiger partial charge in [0, 0.05) is 0 Å². The number of benzene rings is 3. The molecule has 11 nitrogen and oxygen atoms in total. The Morgan fingerprint density at radius 2 is 1.20 bits per heavy atom. The molecule has 3 aromatic carbocycles. The fourth-order valence-electron chi connectivity index (χ4n) is 3.41. The van der Waals surface area contributed by atoms with Crippen molar-refractivity contribution in [3.63, 3.8) is 0 Å². The highest BCUT2D eigenvalue weighted by Gasteiger charge is 2.39. The molecule has 0 aliphatic carbocycles. The first-order valence-electron chi connectivity index (χ1n) is 11.9. The van der Waals surface area contributed by atoms with Gasteiger partial charge in [-0.2, -0.15) is 8.42 Å². The normalized spacial score (nSPS) is 13.6. The van der Waals surface area contributed by atoms with Crippen LogP contribution in [0.25, 0.3) is 0 Å². The zero-order chi connectivity index (χ0) is 29.0. The Kier molecular flexibility index (Phi) is 10.9. The van der Waals surface area contributed by atoms with Gasteiger partial charge < -0.3 is 19.0 Å². The average Bonchev–Trinajstić information content (AvgIpc) is 2.96. The van der Waals surface area contributed by atoms with Crippen LogP contribution in [0.4, 0.5) is 0 Å². The predicted octanol–water partition coefficient (Wildman–Crippen LogP) is 3.27. The van der Waals surface area contributed by atoms with E-state index in [0.29, 0.717) is 0 Å². The van der Waals surface area contributed by atoms with Gasteiger partial charge in [0.25, 0.3) is 10.1 Å². The van der Waals surface area contributed by atoms with Crippen LogP contribution >= 0.6 is 0 Å². The second kappa shape index (κ2) is 14.6. The third-order valence-electron chi connectivity index (χ3n) is 5.20. The molecule has 3 rings (SSSR count). The fourth-order valence-corrected chi connectivity index (χ4v) is 4.02. The monoisotopic (exact) mass is 569 g/mol. The Labute approximate surface area is 231 Å². The van der Waals surface area contributed by atoms with Crippen molar-refractivity contribution in [2.75, 3.05) is 20.0 Å². The van der Waals surface area contributed by atoms with Crippen LogP contribution in [0.2, 0.25) is 0 Å². The van der Waals surface area contributed by atoms with Crippen molar-refractivity contribution in [1.82, 2.24) is 0 Å². The molecule has 210 valence electrons. The summed E-state index contributed by atoms with van der Waals surface area (Å²) in [6, 6.07) is 23.6. The molecule has 0 saturated heterocycles. The predicted molar refractivity (Wildman–Crippen MR) is 143 cm³/mol. The topological polar surface area (TPSA) is 144 Å². The number of oxime groups is 1. The number of ether oxygens (including phenoxy) is 3. The quantitative estimate of drug-likeness (QED) is 0.0989. The SMILES string of the molecule is CON=C[C@H](OC(=O)c1ccccc1)[C@H](OC(=O)c1ccccc1)[C@@H](COC(=O)c1ccccc1)OS(C)(=O)=O. The Hall–Kier alpha value is -4.55. The second-order valence-electron chi connectivity index (χ2n) is 8.21. The van der Waals surface area contributed by atoms with Crippen LogP contribution in [-0.2, 0) is 33.3 Å². The molecule has 0 aliphatic heterocycles. The van der Waals surface area contributed by atoms with Crippen molar-refractivity contribution in [3.8, 4) is 0 Å². The maximum atomic E-state index is 13.1. The van der Waals surface area contributed by atoms with Crippen LogP contribution in [-0.4, -0.2) is 70.8 Å². The highest BCUT2D eigenvalue weighted by atomic mass is 32.2. The number of hydrogen-bond acceptors (Lipinski definition) is 11. The zero-order valence-corrected chi connectivity index (χ0v) is 22.4. The van der Waals surface area contributed by atoms with E-state index in [9.17, 15) is 22.8 Å². The van der Waals surface area contributed by atoms with Crippen molar-refractivity contribution in [1.29, 1.82) is 0 Å². The molecule has 0 heterocycles. The maximum absolute atomic E-state index is 13.1. The van der Waals surface area contributed by atoms with Gasteiger partial charge in [-0.15, -0.1) is 0 Å². The van der Waals surface area contributed by atoms with Gasteiger partial charge in [0.15, 0.2) is 18.3 Å². The summed E-state index contributed by atoms with van der Waals surface area (Å²) in [4.78, 5) is 43.3. The second-order valence-corrected chi connectivity index (χ2v) is 9.81. The van der Waals surface area contributed by atoms with Crippen molar-refractivity contribution in [2.45, 2.75) is 18.3 Å². The van der Waals surface area contributed by atoms with Crippen LogP contribution in [0, 0.1) is 0 Å². The Balaban J connectivity index is 1.99. The van der Waals surface area contributed by atoms with E-state index in [4.69, 9.17) is 23.2 Å². The highest BCUT2D eigenvalue weighted by molar-refractivity contribution is 7.86. The van der Waals surface area contributed by atoms with Gasteiger partial charge in [-0.05, 0) is 36.4 Å². The molecule has 0 spiro atoms. The van der Waals surface area contributed by atoms with Gasteiger partial charge in [0.1, 0.15) is 13.7 Å². The first-order chi connectivity index (χ1) is 19.2. The van der Waals surface area contributed by atoms with E-state index in [0.717, 1.165) is 12.5 Å². The van der Waals surface area contributed by atoms with Crippen LogP contribution in [0.1, 0.15) is 31.1 Å². The molecule has 0 fully saturated rings. The molecule has 0 radical (unpaired) electrons. The number of hydrogen-bond donors (Lipinski definition) is 0. The lowest BCUT2D eigenvalue weighted by atomic mass is 10.1. The molecule has 0 saturated carbocycles. The number of carbonyl (C=O) groups excluding carboxylic acids is 3. The van der Waals surface area contributed by atoms with E-state index in [2.05, 4.69) is 5.16 Å². The Morgan fingerprint density at radius 1 is 0.750 bits per heavy atom. The summed E-state index contributed by atoms with van der Waals surface area (Å²) < 4.78 is 46.2. The van der Waals surface area contributed by atoms with E-state index in [1.807, 2.05) is 0 Å². The third kappa shape index (κ3) is 9.33. The minimum absolute atomic E-state index is 0.115. The molecule has 0 aliphatic rings. The van der Waals surface area contributed by atoms with Crippen molar-refractivity contribution < 1.29 is 46.0 Å². The summed E-state index contributed by atoms with van der Waals surface area (Å²) in [5.74, 6) is -2.53. The minimum Gasteiger partial charge on any atom is -0.459 e. The van der Waals surface area contributed by atoms with Gasteiger partial charge in [-0.25, -0.2) is 14.4 Å². The van der Waals surface area contributed by atoms with Gasteiger partial charge in [-0.1, -0.05) is 59.8 Å².